The molecule has 1 heterocycles. The minimum absolute atomic E-state index is 0. The van der Waals surface area contributed by atoms with Gasteiger partial charge < -0.3 is 10.1 Å². The molecule has 2 rings (SSSR count). The molecule has 0 radical (unpaired) electrons. The number of alkyl carbamates (subject to hydrolysis) is 1. The van der Waals surface area contributed by atoms with E-state index in [0.29, 0.717) is 6.61 Å². The summed E-state index contributed by atoms with van der Waals surface area (Å²) in [6.07, 6.45) is -0.422. The molecule has 1 aromatic carbocycles. The lowest BCUT2D eigenvalue weighted by Crippen LogP contribution is -2.18. The van der Waals surface area contributed by atoms with Crippen molar-refractivity contribution in [1.29, 1.82) is 0 Å². The standard InChI is InChI=1S/C9H8FNO2.ClH/c10-7-3-1-6(2-4-7)8-5-13-9(12)11-8;/h1-4,8H,5H2,(H,11,12);1H/t8-;/m1./s1. The summed E-state index contributed by atoms with van der Waals surface area (Å²) in [5.74, 6) is -0.283. The fourth-order valence-electron chi connectivity index (χ4n) is 1.26. The molecule has 76 valence electrons. The van der Waals surface area contributed by atoms with Crippen LogP contribution < -0.4 is 5.32 Å². The van der Waals surface area contributed by atoms with Crippen molar-refractivity contribution < 1.29 is 13.9 Å². The molecule has 0 spiro atoms. The van der Waals surface area contributed by atoms with Crippen molar-refractivity contribution >= 4 is 18.5 Å². The molecule has 1 N–H and O–H groups in total. The van der Waals surface area contributed by atoms with Crippen LogP contribution in [0, 0.1) is 5.82 Å². The van der Waals surface area contributed by atoms with Gasteiger partial charge in [0.2, 0.25) is 0 Å². The Labute approximate surface area is 86.7 Å². The monoisotopic (exact) mass is 217 g/mol. The van der Waals surface area contributed by atoms with Crippen LogP contribution in [0.4, 0.5) is 9.18 Å². The summed E-state index contributed by atoms with van der Waals surface area (Å²) < 4.78 is 17.2. The van der Waals surface area contributed by atoms with Gasteiger partial charge in [0.05, 0.1) is 6.04 Å². The van der Waals surface area contributed by atoms with Gasteiger partial charge in [0, 0.05) is 0 Å². The summed E-state index contributed by atoms with van der Waals surface area (Å²) in [7, 11) is 0. The van der Waals surface area contributed by atoms with Gasteiger partial charge in [0.1, 0.15) is 12.4 Å². The summed E-state index contributed by atoms with van der Waals surface area (Å²) in [5, 5.41) is 2.61. The van der Waals surface area contributed by atoms with Gasteiger partial charge in [-0.1, -0.05) is 12.1 Å². The third kappa shape index (κ3) is 2.14. The largest absolute Gasteiger partial charge is 0.447 e. The van der Waals surface area contributed by atoms with Crippen LogP contribution in [0.15, 0.2) is 24.3 Å². The highest BCUT2D eigenvalue weighted by Crippen LogP contribution is 2.17. The molecule has 1 fully saturated rings. The molecule has 0 aliphatic carbocycles. The van der Waals surface area contributed by atoms with E-state index < -0.39 is 6.09 Å². The number of rotatable bonds is 1. The van der Waals surface area contributed by atoms with Crippen molar-refractivity contribution in [2.75, 3.05) is 6.61 Å². The number of benzene rings is 1. The quantitative estimate of drug-likeness (QED) is 0.782. The second-order valence-corrected chi connectivity index (χ2v) is 2.85. The smallest absolute Gasteiger partial charge is 0.407 e. The highest BCUT2D eigenvalue weighted by atomic mass is 35.5. The molecule has 1 aliphatic heterocycles. The molecule has 1 amide bonds. The first kappa shape index (κ1) is 10.8. The second-order valence-electron chi connectivity index (χ2n) is 2.85. The summed E-state index contributed by atoms with van der Waals surface area (Å²) in [5.41, 5.74) is 0.854. The zero-order chi connectivity index (χ0) is 9.26. The van der Waals surface area contributed by atoms with E-state index in [9.17, 15) is 9.18 Å². The summed E-state index contributed by atoms with van der Waals surface area (Å²) in [6.45, 7) is 0.310. The number of hydrogen-bond acceptors (Lipinski definition) is 2. The third-order valence-electron chi connectivity index (χ3n) is 1.95. The number of cyclic esters (lactones) is 1. The molecule has 5 heteroatoms. The molecule has 14 heavy (non-hydrogen) atoms. The van der Waals surface area contributed by atoms with Crippen LogP contribution in [0.2, 0.25) is 0 Å². The van der Waals surface area contributed by atoms with Gasteiger partial charge in [0.25, 0.3) is 0 Å². The molecular formula is C9H9ClFNO2. The predicted octanol–water partition coefficient (Wildman–Crippen LogP) is 2.03. The number of nitrogens with one attached hydrogen (secondary N) is 1. The normalized spacial score (nSPS) is 19.5. The van der Waals surface area contributed by atoms with Crippen LogP contribution in [0.3, 0.4) is 0 Å². The van der Waals surface area contributed by atoms with Crippen LogP contribution in [0.1, 0.15) is 11.6 Å². The average Bonchev–Trinajstić information content (AvgIpc) is 2.53. The average molecular weight is 218 g/mol. The molecular weight excluding hydrogens is 209 g/mol. The fraction of sp³-hybridized carbons (Fsp3) is 0.222. The predicted molar refractivity (Wildman–Crippen MR) is 50.9 cm³/mol. The summed E-state index contributed by atoms with van der Waals surface area (Å²) in [4.78, 5) is 10.7. The van der Waals surface area contributed by atoms with E-state index in [4.69, 9.17) is 4.74 Å². The van der Waals surface area contributed by atoms with Crippen LogP contribution >= 0.6 is 12.4 Å². The zero-order valence-corrected chi connectivity index (χ0v) is 8.01. The lowest BCUT2D eigenvalue weighted by molar-refractivity contribution is 0.177. The molecule has 1 atom stereocenters. The summed E-state index contributed by atoms with van der Waals surface area (Å²) in [6, 6.07) is 5.84. The van der Waals surface area contributed by atoms with E-state index in [1.54, 1.807) is 12.1 Å². The van der Waals surface area contributed by atoms with Gasteiger partial charge in [-0.05, 0) is 17.7 Å². The molecule has 0 aromatic heterocycles. The Hall–Kier alpha value is -1.29. The van der Waals surface area contributed by atoms with Crippen molar-refractivity contribution in [3.63, 3.8) is 0 Å². The molecule has 0 bridgehead atoms. The van der Waals surface area contributed by atoms with Crippen molar-refractivity contribution in [3.05, 3.63) is 35.6 Å². The Morgan fingerprint density at radius 1 is 1.36 bits per heavy atom. The molecule has 3 nitrogen and oxygen atoms in total. The van der Waals surface area contributed by atoms with Gasteiger partial charge in [-0.3, -0.25) is 0 Å². The number of carbonyl (C=O) groups is 1. The first-order valence-electron chi connectivity index (χ1n) is 3.94. The van der Waals surface area contributed by atoms with E-state index in [0.717, 1.165) is 5.56 Å². The van der Waals surface area contributed by atoms with E-state index in [1.165, 1.54) is 12.1 Å². The second kappa shape index (κ2) is 4.28. The number of carbonyl (C=O) groups excluding carboxylic acids is 1. The Morgan fingerprint density at radius 3 is 2.50 bits per heavy atom. The van der Waals surface area contributed by atoms with Gasteiger partial charge in [0.15, 0.2) is 0 Å². The molecule has 0 saturated carbocycles. The van der Waals surface area contributed by atoms with Gasteiger partial charge in [-0.2, -0.15) is 0 Å². The molecule has 1 aliphatic rings. The van der Waals surface area contributed by atoms with Crippen molar-refractivity contribution in [1.82, 2.24) is 5.32 Å². The summed E-state index contributed by atoms with van der Waals surface area (Å²) >= 11 is 0. The SMILES string of the molecule is Cl.O=C1N[C@@H](c2ccc(F)cc2)CO1. The lowest BCUT2D eigenvalue weighted by atomic mass is 10.1. The topological polar surface area (TPSA) is 38.3 Å². The fourth-order valence-corrected chi connectivity index (χ4v) is 1.26. The number of amides is 1. The van der Waals surface area contributed by atoms with Crippen molar-refractivity contribution in [2.24, 2.45) is 0 Å². The first-order chi connectivity index (χ1) is 6.25. The van der Waals surface area contributed by atoms with Crippen LogP contribution in [0.5, 0.6) is 0 Å². The maximum atomic E-state index is 12.5. The maximum Gasteiger partial charge on any atom is 0.407 e. The first-order valence-corrected chi connectivity index (χ1v) is 3.94. The molecule has 0 unspecified atom stereocenters. The third-order valence-corrected chi connectivity index (χ3v) is 1.95. The zero-order valence-electron chi connectivity index (χ0n) is 7.20. The van der Waals surface area contributed by atoms with E-state index in [2.05, 4.69) is 5.32 Å². The van der Waals surface area contributed by atoms with E-state index in [1.807, 2.05) is 0 Å². The minimum Gasteiger partial charge on any atom is -0.447 e. The van der Waals surface area contributed by atoms with Crippen LogP contribution in [-0.2, 0) is 4.74 Å². The Morgan fingerprint density at radius 2 is 2.00 bits per heavy atom. The highest BCUT2D eigenvalue weighted by molar-refractivity contribution is 5.85. The minimum atomic E-state index is -0.422. The van der Waals surface area contributed by atoms with E-state index in [-0.39, 0.29) is 24.3 Å². The van der Waals surface area contributed by atoms with Crippen molar-refractivity contribution in [3.8, 4) is 0 Å². The maximum absolute atomic E-state index is 12.5. The Balaban J connectivity index is 0.000000980. The highest BCUT2D eigenvalue weighted by Gasteiger charge is 2.23. The molecule has 1 aromatic rings. The lowest BCUT2D eigenvalue weighted by Gasteiger charge is -2.06. The molecule has 1 saturated heterocycles. The van der Waals surface area contributed by atoms with Gasteiger partial charge >= 0.3 is 6.09 Å². The van der Waals surface area contributed by atoms with Crippen molar-refractivity contribution in [2.45, 2.75) is 6.04 Å². The van der Waals surface area contributed by atoms with Gasteiger partial charge in [-0.25, -0.2) is 9.18 Å². The van der Waals surface area contributed by atoms with Gasteiger partial charge in [-0.15, -0.1) is 12.4 Å². The van der Waals surface area contributed by atoms with Crippen LogP contribution in [-0.4, -0.2) is 12.7 Å². The Kier molecular flexibility index (Phi) is 3.30. The number of ether oxygens (including phenoxy) is 1. The van der Waals surface area contributed by atoms with E-state index >= 15 is 0 Å². The number of halogens is 2. The Bertz CT molecular complexity index is 328. The van der Waals surface area contributed by atoms with Crippen LogP contribution in [0.25, 0.3) is 0 Å². The number of hydrogen-bond donors (Lipinski definition) is 1.